The Bertz CT molecular complexity index is 1090. The number of furan rings is 1. The molecular weight excluding hydrogens is 303 g/mol. The number of hydrogen-bond acceptors (Lipinski definition) is 2. The van der Waals surface area contributed by atoms with Gasteiger partial charge < -0.3 is 8.98 Å². The zero-order valence-corrected chi connectivity index (χ0v) is 13.2. The minimum absolute atomic E-state index is 0.758. The lowest BCUT2D eigenvalue weighted by Gasteiger charge is -2.15. The molecule has 0 amide bonds. The second-order valence-electron chi connectivity index (χ2n) is 5.74. The van der Waals surface area contributed by atoms with Crippen LogP contribution in [-0.4, -0.2) is 0 Å². The van der Waals surface area contributed by atoms with Crippen LogP contribution >= 0.6 is 7.14 Å². The van der Waals surface area contributed by atoms with Crippen molar-refractivity contribution >= 4 is 34.0 Å². The molecule has 0 aliphatic carbocycles. The van der Waals surface area contributed by atoms with Crippen molar-refractivity contribution in [1.82, 2.24) is 0 Å². The van der Waals surface area contributed by atoms with Gasteiger partial charge in [0.2, 0.25) is 0 Å². The first kappa shape index (κ1) is 12.9. The second kappa shape index (κ2) is 4.47. The number of benzene rings is 3. The molecule has 1 atom stereocenters. The minimum atomic E-state index is -2.89. The van der Waals surface area contributed by atoms with E-state index in [1.807, 2.05) is 78.9 Å². The molecule has 1 aliphatic rings. The van der Waals surface area contributed by atoms with E-state index in [-0.39, 0.29) is 0 Å². The molecule has 2 heterocycles. The lowest BCUT2D eigenvalue weighted by atomic mass is 10.1. The van der Waals surface area contributed by atoms with Gasteiger partial charge in [0.25, 0.3) is 0 Å². The van der Waals surface area contributed by atoms with E-state index in [1.165, 1.54) is 0 Å². The third-order valence-electron chi connectivity index (χ3n) is 4.49. The van der Waals surface area contributed by atoms with Crippen molar-refractivity contribution in [3.05, 3.63) is 78.9 Å². The maximum absolute atomic E-state index is 14.3. The summed E-state index contributed by atoms with van der Waals surface area (Å²) in [5.41, 5.74) is 1.74. The fraction of sp³-hybridized carbons (Fsp3) is 0. The summed E-state index contributed by atoms with van der Waals surface area (Å²) in [6.07, 6.45) is 0. The lowest BCUT2D eigenvalue weighted by Crippen LogP contribution is -2.20. The predicted octanol–water partition coefficient (Wildman–Crippen LogP) is 4.05. The van der Waals surface area contributed by atoms with Gasteiger partial charge in [0.05, 0.1) is 5.30 Å². The molecule has 5 rings (SSSR count). The van der Waals surface area contributed by atoms with Gasteiger partial charge in [0.15, 0.2) is 7.14 Å². The summed E-state index contributed by atoms with van der Waals surface area (Å²) in [4.78, 5) is 0. The Hall–Kier alpha value is -2.57. The molecule has 2 nitrogen and oxygen atoms in total. The highest BCUT2D eigenvalue weighted by atomic mass is 31.2. The first-order chi connectivity index (χ1) is 11.3. The van der Waals surface area contributed by atoms with E-state index in [0.717, 1.165) is 38.2 Å². The van der Waals surface area contributed by atoms with Gasteiger partial charge in [-0.2, -0.15) is 0 Å². The number of hydrogen-bond donors (Lipinski definition) is 0. The summed E-state index contributed by atoms with van der Waals surface area (Å²) in [6.45, 7) is 0. The average Bonchev–Trinajstić information content (AvgIpc) is 3.12. The zero-order valence-electron chi connectivity index (χ0n) is 12.3. The Morgan fingerprint density at radius 2 is 1.43 bits per heavy atom. The van der Waals surface area contributed by atoms with Crippen LogP contribution in [0.5, 0.6) is 0 Å². The maximum atomic E-state index is 14.3. The van der Waals surface area contributed by atoms with Crippen molar-refractivity contribution in [2.45, 2.75) is 0 Å². The number of para-hydroxylation sites is 1. The Labute approximate surface area is 133 Å². The summed E-state index contributed by atoms with van der Waals surface area (Å²) < 4.78 is 20.4. The summed E-state index contributed by atoms with van der Waals surface area (Å²) in [5, 5.41) is 3.54. The van der Waals surface area contributed by atoms with Crippen LogP contribution in [0.15, 0.2) is 83.3 Å². The fourth-order valence-corrected chi connectivity index (χ4v) is 6.65. The molecule has 0 spiro atoms. The quantitative estimate of drug-likeness (QED) is 0.437. The van der Waals surface area contributed by atoms with Gasteiger partial charge in [-0.05, 0) is 6.07 Å². The largest absolute Gasteiger partial charge is 0.455 e. The molecule has 3 heteroatoms. The third-order valence-corrected chi connectivity index (χ3v) is 7.66. The van der Waals surface area contributed by atoms with E-state index >= 15 is 0 Å². The topological polar surface area (TPSA) is 30.2 Å². The predicted molar refractivity (Wildman–Crippen MR) is 94.6 cm³/mol. The van der Waals surface area contributed by atoms with E-state index in [4.69, 9.17) is 4.42 Å². The first-order valence-electron chi connectivity index (χ1n) is 7.58. The van der Waals surface area contributed by atoms with Gasteiger partial charge in [-0.1, -0.05) is 72.8 Å². The minimum Gasteiger partial charge on any atom is -0.455 e. The van der Waals surface area contributed by atoms with Crippen LogP contribution in [0.3, 0.4) is 0 Å². The normalized spacial score (nSPS) is 18.8. The summed E-state index contributed by atoms with van der Waals surface area (Å²) in [7, 11) is -2.89. The van der Waals surface area contributed by atoms with Crippen molar-refractivity contribution in [2.75, 3.05) is 0 Å². The zero-order chi connectivity index (χ0) is 15.4. The van der Waals surface area contributed by atoms with Gasteiger partial charge in [0, 0.05) is 21.6 Å². The lowest BCUT2D eigenvalue weighted by molar-refractivity contribution is 0.593. The summed E-state index contributed by atoms with van der Waals surface area (Å²) >= 11 is 0. The molecule has 1 unspecified atom stereocenters. The highest BCUT2D eigenvalue weighted by Crippen LogP contribution is 2.54. The van der Waals surface area contributed by atoms with Crippen LogP contribution in [0.2, 0.25) is 0 Å². The molecule has 3 aromatic carbocycles. The summed E-state index contributed by atoms with van der Waals surface area (Å²) in [5.74, 6) is 0.758. The Morgan fingerprint density at radius 3 is 2.30 bits per heavy atom. The molecule has 23 heavy (non-hydrogen) atoms. The van der Waals surface area contributed by atoms with Gasteiger partial charge in [0.1, 0.15) is 11.3 Å². The van der Waals surface area contributed by atoms with E-state index in [2.05, 4.69) is 0 Å². The van der Waals surface area contributed by atoms with Crippen LogP contribution in [0.25, 0.3) is 22.3 Å². The standard InChI is InChI=1S/C20H13O2P/c21-23(14-8-2-1-3-9-14)18-13-7-5-11-16(18)19-20(23)15-10-4-6-12-17(15)22-19/h1-13H. The molecule has 4 aromatic rings. The molecular formula is C20H13O2P. The smallest absolute Gasteiger partial charge is 0.176 e. The van der Waals surface area contributed by atoms with Gasteiger partial charge in [-0.3, -0.25) is 0 Å². The Kier molecular flexibility index (Phi) is 2.51. The van der Waals surface area contributed by atoms with Crippen molar-refractivity contribution in [3.63, 3.8) is 0 Å². The molecule has 0 bridgehead atoms. The monoisotopic (exact) mass is 316 g/mol. The van der Waals surface area contributed by atoms with Gasteiger partial charge in [-0.15, -0.1) is 0 Å². The highest BCUT2D eigenvalue weighted by molar-refractivity contribution is 7.86. The van der Waals surface area contributed by atoms with Gasteiger partial charge in [-0.25, -0.2) is 0 Å². The van der Waals surface area contributed by atoms with Crippen LogP contribution in [0.1, 0.15) is 0 Å². The molecule has 0 N–H and O–H groups in total. The van der Waals surface area contributed by atoms with Crippen molar-refractivity contribution in [2.24, 2.45) is 0 Å². The SMILES string of the molecule is O=P1(c2ccccc2)c2ccccc2-c2oc3ccccc3c21. The van der Waals surface area contributed by atoms with Crippen LogP contribution in [-0.2, 0) is 4.57 Å². The first-order valence-corrected chi connectivity index (χ1v) is 9.28. The second-order valence-corrected chi connectivity index (χ2v) is 8.40. The highest BCUT2D eigenvalue weighted by Gasteiger charge is 2.44. The van der Waals surface area contributed by atoms with Crippen LogP contribution in [0, 0.1) is 0 Å². The molecule has 0 saturated heterocycles. The molecule has 1 aliphatic heterocycles. The van der Waals surface area contributed by atoms with E-state index in [1.54, 1.807) is 0 Å². The van der Waals surface area contributed by atoms with E-state index in [0.29, 0.717) is 0 Å². The molecule has 0 fully saturated rings. The number of rotatable bonds is 1. The third kappa shape index (κ3) is 1.56. The Morgan fingerprint density at radius 1 is 0.739 bits per heavy atom. The summed E-state index contributed by atoms with van der Waals surface area (Å²) in [6, 6.07) is 25.5. The molecule has 0 saturated carbocycles. The van der Waals surface area contributed by atoms with Crippen LogP contribution < -0.4 is 15.9 Å². The van der Waals surface area contributed by atoms with Crippen molar-refractivity contribution in [1.29, 1.82) is 0 Å². The van der Waals surface area contributed by atoms with E-state index < -0.39 is 7.14 Å². The number of fused-ring (bicyclic) bond motifs is 5. The molecule has 0 radical (unpaired) electrons. The average molecular weight is 316 g/mol. The van der Waals surface area contributed by atoms with Crippen LogP contribution in [0.4, 0.5) is 0 Å². The van der Waals surface area contributed by atoms with Gasteiger partial charge >= 0.3 is 0 Å². The Balaban J connectivity index is 1.99. The van der Waals surface area contributed by atoms with Crippen molar-refractivity contribution < 1.29 is 8.98 Å². The molecule has 110 valence electrons. The fourth-order valence-electron chi connectivity index (χ4n) is 3.49. The van der Waals surface area contributed by atoms with Crippen molar-refractivity contribution in [3.8, 4) is 11.3 Å². The maximum Gasteiger partial charge on any atom is 0.176 e. The molecule has 1 aromatic heterocycles. The van der Waals surface area contributed by atoms with E-state index in [9.17, 15) is 4.57 Å².